The van der Waals surface area contributed by atoms with Crippen LogP contribution in [0.5, 0.6) is 0 Å². The fourth-order valence-corrected chi connectivity index (χ4v) is 3.66. The molecule has 1 atom stereocenters. The zero-order chi connectivity index (χ0) is 14.3. The third-order valence-corrected chi connectivity index (χ3v) is 4.85. The second kappa shape index (κ2) is 4.76. The molecule has 1 aliphatic heterocycles. The number of fused-ring (bicyclic) bond motifs is 1. The van der Waals surface area contributed by atoms with Gasteiger partial charge >= 0.3 is 0 Å². The van der Waals surface area contributed by atoms with Gasteiger partial charge in [-0.1, -0.05) is 59.6 Å². The van der Waals surface area contributed by atoms with Crippen molar-refractivity contribution in [2.24, 2.45) is 4.99 Å². The third kappa shape index (κ3) is 2.17. The van der Waals surface area contributed by atoms with E-state index in [-0.39, 0.29) is 5.54 Å². The molecular formula is C18H19BN2. The lowest BCUT2D eigenvalue weighted by Gasteiger charge is -2.32. The molecule has 0 radical (unpaired) electrons. The van der Waals surface area contributed by atoms with Gasteiger partial charge in [-0.05, 0) is 24.8 Å². The van der Waals surface area contributed by atoms with E-state index in [1.54, 1.807) is 5.56 Å². The minimum Gasteiger partial charge on any atom is -0.367 e. The van der Waals surface area contributed by atoms with Gasteiger partial charge in [-0.25, -0.2) is 0 Å². The van der Waals surface area contributed by atoms with Crippen LogP contribution in [0.3, 0.4) is 0 Å². The van der Waals surface area contributed by atoms with Gasteiger partial charge in [-0.15, -0.1) is 0 Å². The summed E-state index contributed by atoms with van der Waals surface area (Å²) in [6.45, 7) is 0.963. The summed E-state index contributed by atoms with van der Waals surface area (Å²) < 4.78 is 0. The highest BCUT2D eigenvalue weighted by Gasteiger charge is 2.38. The average molecular weight is 274 g/mol. The Morgan fingerprint density at radius 2 is 1.90 bits per heavy atom. The molecule has 2 nitrogen and oxygen atoms in total. The van der Waals surface area contributed by atoms with Crippen LogP contribution in [-0.2, 0) is 12.8 Å². The molecule has 0 fully saturated rings. The van der Waals surface area contributed by atoms with Crippen molar-refractivity contribution in [2.45, 2.75) is 24.8 Å². The van der Waals surface area contributed by atoms with E-state index in [4.69, 9.17) is 4.99 Å². The zero-order valence-electron chi connectivity index (χ0n) is 12.4. The number of aliphatic imine (C=N–C) groups is 1. The fourth-order valence-electron chi connectivity index (χ4n) is 3.66. The fraction of sp³-hybridized carbons (Fsp3) is 0.278. The molecule has 1 aliphatic carbocycles. The number of nitrogens with zero attached hydrogens (tertiary/aromatic N) is 1. The van der Waals surface area contributed by atoms with Gasteiger partial charge in [0.2, 0.25) is 0 Å². The summed E-state index contributed by atoms with van der Waals surface area (Å²) in [6.07, 6.45) is 3.36. The van der Waals surface area contributed by atoms with E-state index in [1.165, 1.54) is 16.6 Å². The molecule has 3 heteroatoms. The number of benzene rings is 2. The highest BCUT2D eigenvalue weighted by molar-refractivity contribution is 6.33. The van der Waals surface area contributed by atoms with E-state index in [9.17, 15) is 0 Å². The lowest BCUT2D eigenvalue weighted by atomic mass is 9.74. The normalized spacial score (nSPS) is 23.5. The van der Waals surface area contributed by atoms with E-state index in [1.807, 2.05) is 0 Å². The van der Waals surface area contributed by atoms with Crippen LogP contribution in [0.2, 0.25) is 0 Å². The number of hydrogen-bond donors (Lipinski definition) is 1. The number of amidine groups is 1. The van der Waals surface area contributed by atoms with Crippen molar-refractivity contribution in [3.05, 3.63) is 65.2 Å². The van der Waals surface area contributed by atoms with Crippen molar-refractivity contribution in [3.8, 4) is 0 Å². The zero-order valence-corrected chi connectivity index (χ0v) is 12.4. The average Bonchev–Trinajstić information content (AvgIpc) is 2.92. The maximum absolute atomic E-state index is 5.08. The van der Waals surface area contributed by atoms with Gasteiger partial charge in [0.1, 0.15) is 13.7 Å². The van der Waals surface area contributed by atoms with Crippen molar-refractivity contribution >= 4 is 19.1 Å². The van der Waals surface area contributed by atoms with Crippen LogP contribution in [0.15, 0.2) is 53.5 Å². The molecule has 0 bridgehead atoms. The second-order valence-corrected chi connectivity index (χ2v) is 6.29. The van der Waals surface area contributed by atoms with Gasteiger partial charge in [0.25, 0.3) is 0 Å². The lowest BCUT2D eigenvalue weighted by Crippen LogP contribution is -2.39. The summed E-state index contributed by atoms with van der Waals surface area (Å²) in [5, 5.41) is 3.53. The van der Waals surface area contributed by atoms with Gasteiger partial charge in [0.05, 0.1) is 5.54 Å². The van der Waals surface area contributed by atoms with Gasteiger partial charge in [0.15, 0.2) is 0 Å². The highest BCUT2D eigenvalue weighted by atomic mass is 15.1. The number of hydrogen-bond acceptors (Lipinski definition) is 2. The summed E-state index contributed by atoms with van der Waals surface area (Å²) in [5.41, 5.74) is 5.73. The summed E-state index contributed by atoms with van der Waals surface area (Å²) in [5.74, 6) is 1.06. The third-order valence-electron chi connectivity index (χ3n) is 4.85. The molecule has 0 aromatic heterocycles. The molecule has 1 spiro atoms. The molecular weight excluding hydrogens is 255 g/mol. The molecule has 104 valence electrons. The maximum Gasteiger partial charge on any atom is 0.139 e. The van der Waals surface area contributed by atoms with Crippen molar-refractivity contribution in [2.75, 3.05) is 6.54 Å². The van der Waals surface area contributed by atoms with Crippen LogP contribution >= 0.6 is 0 Å². The van der Waals surface area contributed by atoms with Crippen molar-refractivity contribution in [3.63, 3.8) is 0 Å². The highest BCUT2D eigenvalue weighted by Crippen LogP contribution is 2.33. The molecule has 1 unspecified atom stereocenters. The van der Waals surface area contributed by atoms with E-state index >= 15 is 0 Å². The quantitative estimate of drug-likeness (QED) is 0.777. The number of rotatable bonds is 1. The van der Waals surface area contributed by atoms with Crippen molar-refractivity contribution < 1.29 is 0 Å². The first kappa shape index (κ1) is 12.7. The topological polar surface area (TPSA) is 24.4 Å². The van der Waals surface area contributed by atoms with Crippen molar-refractivity contribution in [1.29, 1.82) is 0 Å². The SMILES string of the molecule is Bc1cccc2c1CCC1(CNC(c3ccccc3)=N1)C2. The smallest absolute Gasteiger partial charge is 0.139 e. The van der Waals surface area contributed by atoms with Crippen molar-refractivity contribution in [1.82, 2.24) is 5.32 Å². The van der Waals surface area contributed by atoms with Gasteiger partial charge < -0.3 is 5.32 Å². The first-order valence-corrected chi connectivity index (χ1v) is 7.72. The molecule has 2 aliphatic rings. The van der Waals surface area contributed by atoms with Crippen LogP contribution in [0, 0.1) is 0 Å². The second-order valence-electron chi connectivity index (χ2n) is 6.29. The minimum absolute atomic E-state index is 0.0615. The molecule has 0 saturated heterocycles. The van der Waals surface area contributed by atoms with Gasteiger partial charge in [-0.2, -0.15) is 0 Å². The summed E-state index contributed by atoms with van der Waals surface area (Å²) in [7, 11) is 2.22. The summed E-state index contributed by atoms with van der Waals surface area (Å²) in [6, 6.07) is 17.1. The standard InChI is InChI=1S/C18H19BN2/c19-16-8-4-7-14-11-18(10-9-15(14)16)12-20-17(21-18)13-5-2-1-3-6-13/h1-8H,9-12,19H2,(H,20,21). The van der Waals surface area contributed by atoms with Crippen LogP contribution in [0.4, 0.5) is 0 Å². The van der Waals surface area contributed by atoms with Crippen LogP contribution in [0.1, 0.15) is 23.1 Å². The lowest BCUT2D eigenvalue weighted by molar-refractivity contribution is 0.395. The Hall–Kier alpha value is -2.03. The Kier molecular flexibility index (Phi) is 2.88. The van der Waals surface area contributed by atoms with E-state index in [2.05, 4.69) is 61.7 Å². The van der Waals surface area contributed by atoms with Crippen LogP contribution in [0.25, 0.3) is 0 Å². The first-order valence-electron chi connectivity index (χ1n) is 7.72. The van der Waals surface area contributed by atoms with Crippen LogP contribution < -0.4 is 10.8 Å². The Labute approximate surface area is 126 Å². The largest absolute Gasteiger partial charge is 0.367 e. The maximum atomic E-state index is 5.08. The van der Waals surface area contributed by atoms with Crippen LogP contribution in [-0.4, -0.2) is 25.8 Å². The van der Waals surface area contributed by atoms with Gasteiger partial charge in [-0.3, -0.25) is 4.99 Å². The Bertz CT molecular complexity index is 708. The predicted octanol–water partition coefficient (Wildman–Crippen LogP) is 1.22. The van der Waals surface area contributed by atoms with Gasteiger partial charge in [0, 0.05) is 12.1 Å². The summed E-state index contributed by atoms with van der Waals surface area (Å²) in [4.78, 5) is 5.08. The van der Waals surface area contributed by atoms with E-state index in [0.29, 0.717) is 0 Å². The molecule has 2 aromatic rings. The molecule has 1 N–H and O–H groups in total. The summed E-state index contributed by atoms with van der Waals surface area (Å²) >= 11 is 0. The number of nitrogens with one attached hydrogen (secondary N) is 1. The first-order chi connectivity index (χ1) is 10.3. The molecule has 0 amide bonds. The Morgan fingerprint density at radius 3 is 2.76 bits per heavy atom. The Balaban J connectivity index is 1.67. The predicted molar refractivity (Wildman–Crippen MR) is 90.4 cm³/mol. The molecule has 4 rings (SSSR count). The molecule has 0 saturated carbocycles. The monoisotopic (exact) mass is 274 g/mol. The molecule has 2 aromatic carbocycles. The van der Waals surface area contributed by atoms with E-state index in [0.717, 1.165) is 31.6 Å². The Morgan fingerprint density at radius 1 is 1.05 bits per heavy atom. The van der Waals surface area contributed by atoms with E-state index < -0.39 is 0 Å². The molecule has 21 heavy (non-hydrogen) atoms. The molecule has 1 heterocycles. The minimum atomic E-state index is 0.0615.